The van der Waals surface area contributed by atoms with Gasteiger partial charge in [0.2, 0.25) is 0 Å². The van der Waals surface area contributed by atoms with Gasteiger partial charge in [-0.25, -0.2) is 0 Å². The summed E-state index contributed by atoms with van der Waals surface area (Å²) in [5.74, 6) is -0.197. The Morgan fingerprint density at radius 2 is 1.95 bits per heavy atom. The zero-order valence-electron chi connectivity index (χ0n) is 11.2. The van der Waals surface area contributed by atoms with Crippen LogP contribution < -0.4 is 10.6 Å². The lowest BCUT2D eigenvalue weighted by molar-refractivity contribution is 0.467. The SMILES string of the molecule is CNC[C@H](Cc1ccccc1)NCCCS(=O)(=O)O. The highest BCUT2D eigenvalue weighted by molar-refractivity contribution is 7.85. The molecule has 0 saturated carbocycles. The van der Waals surface area contributed by atoms with Gasteiger partial charge in [0.1, 0.15) is 0 Å². The van der Waals surface area contributed by atoms with Crippen LogP contribution in [0.2, 0.25) is 0 Å². The van der Waals surface area contributed by atoms with Crippen molar-refractivity contribution in [3.63, 3.8) is 0 Å². The van der Waals surface area contributed by atoms with Crippen LogP contribution in [0.15, 0.2) is 30.3 Å². The van der Waals surface area contributed by atoms with E-state index in [-0.39, 0.29) is 11.8 Å². The summed E-state index contributed by atoms with van der Waals surface area (Å²) in [6, 6.07) is 10.4. The predicted molar refractivity (Wildman–Crippen MR) is 76.9 cm³/mol. The largest absolute Gasteiger partial charge is 0.318 e. The summed E-state index contributed by atoms with van der Waals surface area (Å²) in [4.78, 5) is 0. The summed E-state index contributed by atoms with van der Waals surface area (Å²) in [5.41, 5.74) is 1.24. The minimum Gasteiger partial charge on any atom is -0.318 e. The molecule has 0 radical (unpaired) electrons. The van der Waals surface area contributed by atoms with Crippen molar-refractivity contribution in [2.45, 2.75) is 18.9 Å². The van der Waals surface area contributed by atoms with Crippen molar-refractivity contribution in [3.8, 4) is 0 Å². The number of benzene rings is 1. The van der Waals surface area contributed by atoms with Crippen LogP contribution in [0.5, 0.6) is 0 Å². The fourth-order valence-corrected chi connectivity index (χ4v) is 2.43. The second-order valence-corrected chi connectivity index (χ2v) is 6.11. The topological polar surface area (TPSA) is 78.4 Å². The number of nitrogens with one attached hydrogen (secondary N) is 2. The molecule has 0 spiro atoms. The summed E-state index contributed by atoms with van der Waals surface area (Å²) >= 11 is 0. The Hall–Kier alpha value is -0.950. The third-order valence-corrected chi connectivity index (χ3v) is 3.59. The van der Waals surface area contributed by atoms with E-state index in [1.54, 1.807) is 0 Å². The molecule has 0 unspecified atom stereocenters. The number of likely N-dealkylation sites (N-methyl/N-ethyl adjacent to an activating group) is 1. The Morgan fingerprint density at radius 1 is 1.26 bits per heavy atom. The van der Waals surface area contributed by atoms with Crippen LogP contribution in [0.1, 0.15) is 12.0 Å². The molecular weight excluding hydrogens is 264 g/mol. The van der Waals surface area contributed by atoms with Gasteiger partial charge in [-0.05, 0) is 32.0 Å². The van der Waals surface area contributed by atoms with Crippen LogP contribution in [-0.2, 0) is 16.5 Å². The minimum absolute atomic E-state index is 0.197. The Balaban J connectivity index is 2.36. The molecule has 0 amide bonds. The van der Waals surface area contributed by atoms with Crippen molar-refractivity contribution in [1.82, 2.24) is 10.6 Å². The van der Waals surface area contributed by atoms with Crippen LogP contribution >= 0.6 is 0 Å². The molecule has 0 saturated heterocycles. The molecule has 19 heavy (non-hydrogen) atoms. The molecule has 1 rings (SSSR count). The van der Waals surface area contributed by atoms with Gasteiger partial charge < -0.3 is 10.6 Å². The standard InChI is InChI=1S/C13H22N2O3S/c1-14-11-13(10-12-6-3-2-4-7-12)15-8-5-9-19(16,17)18/h2-4,6-7,13-15H,5,8-11H2,1H3,(H,16,17,18)/t13-/m0/s1. The third kappa shape index (κ3) is 7.94. The molecule has 5 nitrogen and oxygen atoms in total. The maximum Gasteiger partial charge on any atom is 0.264 e. The van der Waals surface area contributed by atoms with Crippen molar-refractivity contribution in [2.75, 3.05) is 25.9 Å². The first kappa shape index (κ1) is 16.1. The third-order valence-electron chi connectivity index (χ3n) is 2.79. The van der Waals surface area contributed by atoms with Crippen LogP contribution in [0.4, 0.5) is 0 Å². The second-order valence-electron chi connectivity index (χ2n) is 4.54. The van der Waals surface area contributed by atoms with Gasteiger partial charge in [0, 0.05) is 12.6 Å². The molecule has 0 bridgehead atoms. The zero-order valence-corrected chi connectivity index (χ0v) is 12.0. The Bertz CT molecular complexity index is 448. The van der Waals surface area contributed by atoms with Gasteiger partial charge in [-0.2, -0.15) is 8.42 Å². The monoisotopic (exact) mass is 286 g/mol. The van der Waals surface area contributed by atoms with Crippen molar-refractivity contribution in [2.24, 2.45) is 0 Å². The number of hydrogen-bond donors (Lipinski definition) is 3. The Kier molecular flexibility index (Phi) is 7.01. The lowest BCUT2D eigenvalue weighted by Gasteiger charge is -2.18. The Morgan fingerprint density at radius 3 is 2.53 bits per heavy atom. The van der Waals surface area contributed by atoms with Gasteiger partial charge in [-0.3, -0.25) is 4.55 Å². The highest BCUT2D eigenvalue weighted by Crippen LogP contribution is 2.03. The summed E-state index contributed by atoms with van der Waals surface area (Å²) in [7, 11) is -1.96. The molecule has 0 aliphatic carbocycles. The van der Waals surface area contributed by atoms with E-state index in [2.05, 4.69) is 22.8 Å². The van der Waals surface area contributed by atoms with Gasteiger partial charge in [0.25, 0.3) is 10.1 Å². The van der Waals surface area contributed by atoms with E-state index in [1.807, 2.05) is 25.2 Å². The highest BCUT2D eigenvalue weighted by atomic mass is 32.2. The molecule has 1 aromatic carbocycles. The zero-order chi connectivity index (χ0) is 14.1. The van der Waals surface area contributed by atoms with Crippen LogP contribution in [0.3, 0.4) is 0 Å². The normalized spacial score (nSPS) is 13.4. The molecule has 1 atom stereocenters. The lowest BCUT2D eigenvalue weighted by atomic mass is 10.1. The summed E-state index contributed by atoms with van der Waals surface area (Å²) in [6.45, 7) is 1.37. The van der Waals surface area contributed by atoms with Crippen LogP contribution in [0, 0.1) is 0 Å². The summed E-state index contributed by atoms with van der Waals surface area (Å²) in [5, 5.41) is 6.42. The second kappa shape index (κ2) is 8.27. The van der Waals surface area contributed by atoms with Crippen molar-refractivity contribution in [3.05, 3.63) is 35.9 Å². The molecule has 0 fully saturated rings. The van der Waals surface area contributed by atoms with E-state index in [4.69, 9.17) is 4.55 Å². The lowest BCUT2D eigenvalue weighted by Crippen LogP contribution is -2.40. The molecule has 3 N–H and O–H groups in total. The van der Waals surface area contributed by atoms with Crippen molar-refractivity contribution in [1.29, 1.82) is 0 Å². The quantitative estimate of drug-likeness (QED) is 0.460. The number of rotatable bonds is 9. The first-order valence-corrected chi connectivity index (χ1v) is 7.99. The maximum atomic E-state index is 10.6. The average molecular weight is 286 g/mol. The average Bonchev–Trinajstić information content (AvgIpc) is 2.35. The smallest absolute Gasteiger partial charge is 0.264 e. The fourth-order valence-electron chi connectivity index (χ4n) is 1.92. The van der Waals surface area contributed by atoms with E-state index in [9.17, 15) is 8.42 Å². The van der Waals surface area contributed by atoms with Gasteiger partial charge in [0.05, 0.1) is 5.75 Å². The molecule has 0 aliphatic rings. The van der Waals surface area contributed by atoms with E-state index in [1.165, 1.54) is 5.56 Å². The van der Waals surface area contributed by atoms with Gasteiger partial charge in [-0.1, -0.05) is 30.3 Å². The van der Waals surface area contributed by atoms with E-state index in [0.29, 0.717) is 13.0 Å². The van der Waals surface area contributed by atoms with Crippen LogP contribution in [0.25, 0.3) is 0 Å². The highest BCUT2D eigenvalue weighted by Gasteiger charge is 2.09. The molecular formula is C13H22N2O3S. The predicted octanol–water partition coefficient (Wildman–Crippen LogP) is 0.685. The van der Waals surface area contributed by atoms with Gasteiger partial charge in [0.15, 0.2) is 0 Å². The van der Waals surface area contributed by atoms with Crippen LogP contribution in [-0.4, -0.2) is 44.9 Å². The van der Waals surface area contributed by atoms with Gasteiger partial charge in [-0.15, -0.1) is 0 Å². The van der Waals surface area contributed by atoms with E-state index >= 15 is 0 Å². The molecule has 0 heterocycles. The van der Waals surface area contributed by atoms with Gasteiger partial charge >= 0.3 is 0 Å². The molecule has 108 valence electrons. The van der Waals surface area contributed by atoms with E-state index in [0.717, 1.165) is 13.0 Å². The molecule has 0 aromatic heterocycles. The Labute approximate surface area is 115 Å². The van der Waals surface area contributed by atoms with Crippen molar-refractivity contribution >= 4 is 10.1 Å². The molecule has 6 heteroatoms. The number of hydrogen-bond acceptors (Lipinski definition) is 4. The first-order chi connectivity index (χ1) is 9.01. The fraction of sp³-hybridized carbons (Fsp3) is 0.538. The molecule has 1 aromatic rings. The van der Waals surface area contributed by atoms with Crippen molar-refractivity contribution < 1.29 is 13.0 Å². The first-order valence-electron chi connectivity index (χ1n) is 6.38. The molecule has 0 aliphatic heterocycles. The van der Waals surface area contributed by atoms with E-state index < -0.39 is 10.1 Å². The minimum atomic E-state index is -3.85. The summed E-state index contributed by atoms with van der Waals surface area (Å²) in [6.07, 6.45) is 1.29. The summed E-state index contributed by atoms with van der Waals surface area (Å²) < 4.78 is 29.9. The maximum absolute atomic E-state index is 10.6.